The minimum absolute atomic E-state index is 0.120. The Bertz CT molecular complexity index is 753. The van der Waals surface area contributed by atoms with Gasteiger partial charge in [0.15, 0.2) is 0 Å². The average molecular weight is 392 g/mol. The maximum Gasteiger partial charge on any atom is 0.407 e. The zero-order valence-corrected chi connectivity index (χ0v) is 17.4. The molecular formula is C26H33NO2. The number of carbonyl (C=O) groups excluding carboxylic acids is 1. The van der Waals surface area contributed by atoms with Gasteiger partial charge in [-0.05, 0) is 41.5 Å². The van der Waals surface area contributed by atoms with Crippen molar-refractivity contribution in [1.29, 1.82) is 0 Å². The first kappa shape index (κ1) is 21.2. The molecular weight excluding hydrogens is 358 g/mol. The minimum atomic E-state index is -0.309. The highest BCUT2D eigenvalue weighted by atomic mass is 16.5. The first-order valence-corrected chi connectivity index (χ1v) is 11.0. The molecule has 1 N–H and O–H groups in total. The van der Waals surface area contributed by atoms with Crippen molar-refractivity contribution in [2.45, 2.75) is 57.3 Å². The number of nitrogens with one attached hydrogen (secondary N) is 1. The van der Waals surface area contributed by atoms with Crippen LogP contribution in [-0.4, -0.2) is 19.2 Å². The van der Waals surface area contributed by atoms with E-state index in [1.807, 2.05) is 6.08 Å². The van der Waals surface area contributed by atoms with Crippen LogP contribution < -0.4 is 5.32 Å². The summed E-state index contributed by atoms with van der Waals surface area (Å²) in [6.45, 7) is 4.82. The summed E-state index contributed by atoms with van der Waals surface area (Å²) in [7, 11) is 0. The Kier molecular flexibility index (Phi) is 8.36. The number of allylic oxidation sites excluding steroid dienone is 1. The first-order valence-electron chi connectivity index (χ1n) is 11.0. The lowest BCUT2D eigenvalue weighted by atomic mass is 9.98. The van der Waals surface area contributed by atoms with Crippen molar-refractivity contribution < 1.29 is 9.53 Å². The third-order valence-corrected chi connectivity index (χ3v) is 5.70. The number of rotatable bonds is 12. The van der Waals surface area contributed by atoms with E-state index in [4.69, 9.17) is 4.74 Å². The molecule has 0 unspecified atom stereocenters. The quantitative estimate of drug-likeness (QED) is 0.318. The summed E-state index contributed by atoms with van der Waals surface area (Å²) < 4.78 is 5.56. The van der Waals surface area contributed by atoms with Crippen LogP contribution in [0.5, 0.6) is 0 Å². The molecule has 2 aromatic rings. The molecule has 0 spiro atoms. The van der Waals surface area contributed by atoms with Crippen LogP contribution in [0.3, 0.4) is 0 Å². The summed E-state index contributed by atoms with van der Waals surface area (Å²) in [5.74, 6) is 0.120. The zero-order chi connectivity index (χ0) is 20.3. The molecule has 3 heteroatoms. The summed E-state index contributed by atoms with van der Waals surface area (Å²) >= 11 is 0. The maximum absolute atomic E-state index is 12.1. The van der Waals surface area contributed by atoms with E-state index in [-0.39, 0.29) is 12.0 Å². The van der Waals surface area contributed by atoms with Gasteiger partial charge in [-0.2, -0.15) is 0 Å². The molecule has 0 atom stereocenters. The highest BCUT2D eigenvalue weighted by Gasteiger charge is 2.28. The molecule has 0 aliphatic heterocycles. The highest BCUT2D eigenvalue weighted by molar-refractivity contribution is 5.79. The van der Waals surface area contributed by atoms with Crippen molar-refractivity contribution in [3.05, 3.63) is 72.3 Å². The maximum atomic E-state index is 12.1. The summed E-state index contributed by atoms with van der Waals surface area (Å²) in [6.07, 6.45) is 11.4. The number of hydrogen-bond acceptors (Lipinski definition) is 2. The predicted molar refractivity (Wildman–Crippen MR) is 120 cm³/mol. The Morgan fingerprint density at radius 1 is 0.862 bits per heavy atom. The number of unbranched alkanes of at least 4 members (excludes halogenated alkanes) is 7. The molecule has 3 rings (SSSR count). The Morgan fingerprint density at radius 2 is 1.41 bits per heavy atom. The van der Waals surface area contributed by atoms with Gasteiger partial charge in [0.2, 0.25) is 0 Å². The van der Waals surface area contributed by atoms with Crippen molar-refractivity contribution in [3.8, 4) is 11.1 Å². The number of fused-ring (bicyclic) bond motifs is 3. The molecule has 154 valence electrons. The minimum Gasteiger partial charge on any atom is -0.449 e. The lowest BCUT2D eigenvalue weighted by Gasteiger charge is -2.14. The van der Waals surface area contributed by atoms with Gasteiger partial charge >= 0.3 is 6.09 Å². The van der Waals surface area contributed by atoms with E-state index in [0.29, 0.717) is 13.2 Å². The molecule has 0 saturated carbocycles. The number of carbonyl (C=O) groups is 1. The lowest BCUT2D eigenvalue weighted by Crippen LogP contribution is -2.27. The molecule has 0 radical (unpaired) electrons. The largest absolute Gasteiger partial charge is 0.449 e. The summed E-state index contributed by atoms with van der Waals surface area (Å²) in [5.41, 5.74) is 4.99. The van der Waals surface area contributed by atoms with Crippen LogP contribution in [0.2, 0.25) is 0 Å². The van der Waals surface area contributed by atoms with Gasteiger partial charge < -0.3 is 10.1 Å². The Balaban J connectivity index is 1.34. The molecule has 1 aliphatic rings. The number of hydrogen-bond donors (Lipinski definition) is 1. The summed E-state index contributed by atoms with van der Waals surface area (Å²) in [4.78, 5) is 12.1. The van der Waals surface area contributed by atoms with Gasteiger partial charge in [-0.1, -0.05) is 86.7 Å². The smallest absolute Gasteiger partial charge is 0.407 e. The van der Waals surface area contributed by atoms with E-state index < -0.39 is 0 Å². The monoisotopic (exact) mass is 391 g/mol. The normalized spacial score (nSPS) is 12.3. The second-order valence-corrected chi connectivity index (χ2v) is 7.80. The van der Waals surface area contributed by atoms with Gasteiger partial charge in [0.25, 0.3) is 0 Å². The first-order chi connectivity index (χ1) is 14.3. The fraction of sp³-hybridized carbons (Fsp3) is 0.423. The summed E-state index contributed by atoms with van der Waals surface area (Å²) in [5, 5.41) is 2.90. The van der Waals surface area contributed by atoms with E-state index in [2.05, 4.69) is 60.4 Å². The number of ether oxygens (including phenoxy) is 1. The third kappa shape index (κ3) is 5.96. The van der Waals surface area contributed by atoms with Crippen molar-refractivity contribution in [3.63, 3.8) is 0 Å². The molecule has 3 nitrogen and oxygen atoms in total. The van der Waals surface area contributed by atoms with Crippen molar-refractivity contribution >= 4 is 6.09 Å². The number of amides is 1. The van der Waals surface area contributed by atoms with E-state index in [1.165, 1.54) is 54.4 Å². The molecule has 0 bridgehead atoms. The topological polar surface area (TPSA) is 38.3 Å². The lowest BCUT2D eigenvalue weighted by molar-refractivity contribution is 0.143. The Hall–Kier alpha value is -2.55. The van der Waals surface area contributed by atoms with Gasteiger partial charge in [-0.25, -0.2) is 4.79 Å². The molecule has 0 saturated heterocycles. The fourth-order valence-electron chi connectivity index (χ4n) is 4.14. The Labute approximate surface area is 175 Å². The van der Waals surface area contributed by atoms with Crippen molar-refractivity contribution in [2.75, 3.05) is 13.2 Å². The van der Waals surface area contributed by atoms with Crippen molar-refractivity contribution in [1.82, 2.24) is 5.32 Å². The molecule has 0 aromatic heterocycles. The molecule has 29 heavy (non-hydrogen) atoms. The Morgan fingerprint density at radius 3 is 2.03 bits per heavy atom. The second kappa shape index (κ2) is 11.5. The second-order valence-electron chi connectivity index (χ2n) is 7.80. The van der Waals surface area contributed by atoms with Crippen LogP contribution in [0.25, 0.3) is 11.1 Å². The molecule has 0 fully saturated rings. The van der Waals surface area contributed by atoms with Gasteiger partial charge in [0.1, 0.15) is 6.61 Å². The van der Waals surface area contributed by atoms with Crippen molar-refractivity contribution in [2.24, 2.45) is 0 Å². The molecule has 0 heterocycles. The highest BCUT2D eigenvalue weighted by Crippen LogP contribution is 2.44. The molecule has 2 aromatic carbocycles. The van der Waals surface area contributed by atoms with Crippen LogP contribution in [0.15, 0.2) is 61.2 Å². The van der Waals surface area contributed by atoms with Gasteiger partial charge in [0.05, 0.1) is 0 Å². The average Bonchev–Trinajstić information content (AvgIpc) is 3.07. The zero-order valence-electron chi connectivity index (χ0n) is 17.4. The van der Waals surface area contributed by atoms with E-state index >= 15 is 0 Å². The van der Waals surface area contributed by atoms with Crippen LogP contribution in [0, 0.1) is 0 Å². The van der Waals surface area contributed by atoms with E-state index in [1.54, 1.807) is 0 Å². The van der Waals surface area contributed by atoms with E-state index in [9.17, 15) is 4.79 Å². The van der Waals surface area contributed by atoms with Gasteiger partial charge in [-0.15, -0.1) is 6.58 Å². The fourth-order valence-corrected chi connectivity index (χ4v) is 4.14. The predicted octanol–water partition coefficient (Wildman–Crippen LogP) is 6.83. The van der Waals surface area contributed by atoms with Crippen LogP contribution >= 0.6 is 0 Å². The number of alkyl carbamates (subject to hydrolysis) is 1. The molecule has 1 amide bonds. The van der Waals surface area contributed by atoms with Crippen LogP contribution in [-0.2, 0) is 4.74 Å². The SMILES string of the molecule is C=CCCCCCCCCCNC(=O)OCC1c2ccccc2-c2ccccc21. The van der Waals surface area contributed by atoms with E-state index in [0.717, 1.165) is 19.3 Å². The third-order valence-electron chi connectivity index (χ3n) is 5.70. The van der Waals surface area contributed by atoms with Crippen LogP contribution in [0.1, 0.15) is 68.4 Å². The summed E-state index contributed by atoms with van der Waals surface area (Å²) in [6, 6.07) is 16.8. The molecule has 1 aliphatic carbocycles. The standard InChI is InChI=1S/C26H33NO2/c1-2-3-4-5-6-7-8-9-14-19-27-26(28)29-20-25-23-17-12-10-15-21(23)22-16-11-13-18-24(22)25/h2,10-13,15-18,25H,1,3-9,14,19-20H2,(H,27,28). The number of benzene rings is 2. The van der Waals surface area contributed by atoms with Gasteiger partial charge in [0, 0.05) is 12.5 Å². The van der Waals surface area contributed by atoms with Gasteiger partial charge in [-0.3, -0.25) is 0 Å². The van der Waals surface area contributed by atoms with Crippen LogP contribution in [0.4, 0.5) is 4.79 Å².